The number of benzene rings is 3. The highest BCUT2D eigenvalue weighted by atomic mass is 32.2. The topological polar surface area (TPSA) is 18.5 Å². The molecule has 3 heteroatoms. The van der Waals surface area contributed by atoms with E-state index < -0.39 is 0 Å². The van der Waals surface area contributed by atoms with Crippen molar-refractivity contribution in [2.45, 2.75) is 42.1 Å². The molecule has 0 amide bonds. The minimum absolute atomic E-state index is 0.276. The van der Waals surface area contributed by atoms with Crippen molar-refractivity contribution < 1.29 is 9.47 Å². The molecule has 30 heavy (non-hydrogen) atoms. The van der Waals surface area contributed by atoms with E-state index in [4.69, 9.17) is 9.47 Å². The van der Waals surface area contributed by atoms with E-state index in [0.29, 0.717) is 5.25 Å². The van der Waals surface area contributed by atoms with Gasteiger partial charge in [-0.3, -0.25) is 0 Å². The maximum absolute atomic E-state index is 5.45. The molecular weight excluding hydrogens is 388 g/mol. The van der Waals surface area contributed by atoms with Crippen LogP contribution < -0.4 is 9.47 Å². The van der Waals surface area contributed by atoms with Crippen molar-refractivity contribution in [1.82, 2.24) is 0 Å². The van der Waals surface area contributed by atoms with Gasteiger partial charge in [-0.1, -0.05) is 73.9 Å². The van der Waals surface area contributed by atoms with E-state index in [2.05, 4.69) is 90.6 Å². The second kappa shape index (κ2) is 9.61. The van der Waals surface area contributed by atoms with E-state index >= 15 is 0 Å². The minimum atomic E-state index is -0.276. The van der Waals surface area contributed by atoms with Crippen LogP contribution in [0.25, 0.3) is 0 Å². The van der Waals surface area contributed by atoms with Crippen molar-refractivity contribution in [3.63, 3.8) is 0 Å². The van der Waals surface area contributed by atoms with Crippen molar-refractivity contribution in [2.24, 2.45) is 0 Å². The van der Waals surface area contributed by atoms with Crippen LogP contribution in [0.1, 0.15) is 48.8 Å². The SMILES string of the molecule is COc1ccc(C(SC2CCCCC2)(c2ccccc2)c2ccc(OC)cc2)cc1. The molecule has 0 heterocycles. The fourth-order valence-electron chi connectivity index (χ4n) is 4.46. The number of hydrogen-bond donors (Lipinski definition) is 0. The maximum Gasteiger partial charge on any atom is 0.118 e. The summed E-state index contributed by atoms with van der Waals surface area (Å²) in [5.41, 5.74) is 3.89. The zero-order chi connectivity index (χ0) is 20.8. The van der Waals surface area contributed by atoms with Gasteiger partial charge in [0.1, 0.15) is 11.5 Å². The fraction of sp³-hybridized carbons (Fsp3) is 0.333. The second-order valence-corrected chi connectivity index (χ2v) is 9.40. The van der Waals surface area contributed by atoms with Gasteiger partial charge in [-0.25, -0.2) is 0 Å². The summed E-state index contributed by atoms with van der Waals surface area (Å²) in [6.45, 7) is 0. The first-order valence-corrected chi connectivity index (χ1v) is 11.7. The molecule has 156 valence electrons. The Morgan fingerprint density at radius 1 is 0.633 bits per heavy atom. The van der Waals surface area contributed by atoms with Crippen LogP contribution in [0.5, 0.6) is 11.5 Å². The Morgan fingerprint density at radius 2 is 1.10 bits per heavy atom. The monoisotopic (exact) mass is 418 g/mol. The highest BCUT2D eigenvalue weighted by Crippen LogP contribution is 2.52. The minimum Gasteiger partial charge on any atom is -0.497 e. The van der Waals surface area contributed by atoms with Gasteiger partial charge in [0.15, 0.2) is 0 Å². The van der Waals surface area contributed by atoms with E-state index in [1.54, 1.807) is 14.2 Å². The lowest BCUT2D eigenvalue weighted by Gasteiger charge is -2.39. The van der Waals surface area contributed by atoms with Gasteiger partial charge in [0.05, 0.1) is 19.0 Å². The summed E-state index contributed by atoms with van der Waals surface area (Å²) in [5.74, 6) is 1.77. The first-order chi connectivity index (χ1) is 14.8. The number of methoxy groups -OCH3 is 2. The average Bonchev–Trinajstić information content (AvgIpc) is 2.84. The molecule has 0 aliphatic heterocycles. The lowest BCUT2D eigenvalue weighted by Crippen LogP contribution is -2.29. The van der Waals surface area contributed by atoms with Gasteiger partial charge in [0, 0.05) is 5.25 Å². The van der Waals surface area contributed by atoms with Crippen LogP contribution in [0.3, 0.4) is 0 Å². The molecule has 0 bridgehead atoms. The van der Waals surface area contributed by atoms with Crippen LogP contribution in [0.15, 0.2) is 78.9 Å². The molecule has 1 saturated carbocycles. The third-order valence-electron chi connectivity index (χ3n) is 6.07. The Morgan fingerprint density at radius 3 is 1.57 bits per heavy atom. The van der Waals surface area contributed by atoms with E-state index in [1.165, 1.54) is 48.8 Å². The van der Waals surface area contributed by atoms with Crippen molar-refractivity contribution in [3.8, 4) is 11.5 Å². The van der Waals surface area contributed by atoms with Crippen LogP contribution in [-0.2, 0) is 4.75 Å². The standard InChI is InChI=1S/C27H30O2S/c1-28-24-17-13-22(14-18-24)27(21-9-5-3-6-10-21,30-26-11-7-4-8-12-26)23-15-19-25(29-2)20-16-23/h3,5-6,9-10,13-20,26H,4,7-8,11-12H2,1-2H3. The first-order valence-electron chi connectivity index (χ1n) is 10.8. The van der Waals surface area contributed by atoms with Gasteiger partial charge >= 0.3 is 0 Å². The molecule has 0 saturated heterocycles. The molecule has 0 aromatic heterocycles. The molecule has 0 atom stereocenters. The van der Waals surface area contributed by atoms with Gasteiger partial charge in [0.2, 0.25) is 0 Å². The number of hydrogen-bond acceptors (Lipinski definition) is 3. The predicted molar refractivity (Wildman–Crippen MR) is 127 cm³/mol. The average molecular weight is 419 g/mol. The zero-order valence-corrected chi connectivity index (χ0v) is 18.7. The van der Waals surface area contributed by atoms with Crippen LogP contribution in [0.4, 0.5) is 0 Å². The van der Waals surface area contributed by atoms with Gasteiger partial charge in [-0.15, -0.1) is 11.8 Å². The molecule has 0 radical (unpaired) electrons. The zero-order valence-electron chi connectivity index (χ0n) is 17.8. The van der Waals surface area contributed by atoms with Gasteiger partial charge in [-0.05, 0) is 53.8 Å². The van der Waals surface area contributed by atoms with Gasteiger partial charge in [-0.2, -0.15) is 0 Å². The molecule has 2 nitrogen and oxygen atoms in total. The molecule has 0 N–H and O–H groups in total. The molecule has 1 aliphatic rings. The van der Waals surface area contributed by atoms with Crippen LogP contribution in [0.2, 0.25) is 0 Å². The first kappa shape index (κ1) is 20.9. The summed E-state index contributed by atoms with van der Waals surface area (Å²) in [5, 5.41) is 0.642. The molecule has 0 spiro atoms. The van der Waals surface area contributed by atoms with Crippen molar-refractivity contribution in [1.29, 1.82) is 0 Å². The highest BCUT2D eigenvalue weighted by Gasteiger charge is 2.39. The third kappa shape index (κ3) is 4.22. The highest BCUT2D eigenvalue weighted by molar-refractivity contribution is 8.01. The van der Waals surface area contributed by atoms with Gasteiger partial charge in [0.25, 0.3) is 0 Å². The second-order valence-electron chi connectivity index (χ2n) is 7.88. The normalized spacial score (nSPS) is 15.0. The quantitative estimate of drug-likeness (QED) is 0.383. The fourth-order valence-corrected chi connectivity index (χ4v) is 6.35. The summed E-state index contributed by atoms with van der Waals surface area (Å²) in [7, 11) is 3.44. The van der Waals surface area contributed by atoms with E-state index in [9.17, 15) is 0 Å². The van der Waals surface area contributed by atoms with Crippen LogP contribution >= 0.6 is 11.8 Å². The molecule has 1 fully saturated rings. The van der Waals surface area contributed by atoms with Crippen LogP contribution in [0, 0.1) is 0 Å². The Kier molecular flexibility index (Phi) is 6.69. The molecule has 1 aliphatic carbocycles. The number of thioether (sulfide) groups is 1. The molecule has 4 rings (SSSR count). The Bertz CT molecular complexity index is 866. The number of ether oxygens (including phenoxy) is 2. The largest absolute Gasteiger partial charge is 0.497 e. The lowest BCUT2D eigenvalue weighted by atomic mass is 9.84. The molecule has 3 aromatic carbocycles. The van der Waals surface area contributed by atoms with E-state index in [0.717, 1.165) is 11.5 Å². The Hall–Kier alpha value is -2.39. The number of rotatable bonds is 7. The third-order valence-corrected chi connectivity index (χ3v) is 7.93. The summed E-state index contributed by atoms with van der Waals surface area (Å²) < 4.78 is 10.6. The molecule has 3 aromatic rings. The summed E-state index contributed by atoms with van der Waals surface area (Å²) >= 11 is 2.12. The Labute approximate surface area is 184 Å². The van der Waals surface area contributed by atoms with Gasteiger partial charge < -0.3 is 9.47 Å². The Balaban J connectivity index is 1.90. The van der Waals surface area contributed by atoms with E-state index in [-0.39, 0.29) is 4.75 Å². The maximum atomic E-state index is 5.45. The summed E-state index contributed by atoms with van der Waals surface area (Å²) in [6.07, 6.45) is 6.58. The van der Waals surface area contributed by atoms with Crippen LogP contribution in [-0.4, -0.2) is 19.5 Å². The van der Waals surface area contributed by atoms with Crippen molar-refractivity contribution in [2.75, 3.05) is 14.2 Å². The molecular formula is C27H30O2S. The van der Waals surface area contributed by atoms with Crippen molar-refractivity contribution in [3.05, 3.63) is 95.6 Å². The summed E-state index contributed by atoms with van der Waals surface area (Å²) in [6, 6.07) is 28.2. The smallest absolute Gasteiger partial charge is 0.118 e. The van der Waals surface area contributed by atoms with Crippen molar-refractivity contribution >= 4 is 11.8 Å². The lowest BCUT2D eigenvalue weighted by molar-refractivity contribution is 0.414. The van der Waals surface area contributed by atoms with E-state index in [1.807, 2.05) is 0 Å². The predicted octanol–water partition coefficient (Wildman–Crippen LogP) is 7.06. The summed E-state index contributed by atoms with van der Waals surface area (Å²) in [4.78, 5) is 0. The molecule has 0 unspecified atom stereocenters.